The summed E-state index contributed by atoms with van der Waals surface area (Å²) in [6.45, 7) is 1.93. The second-order valence-electron chi connectivity index (χ2n) is 3.33. The Hall–Kier alpha value is -0.790. The van der Waals surface area contributed by atoms with Crippen molar-refractivity contribution in [3.05, 3.63) is 22.2 Å². The summed E-state index contributed by atoms with van der Waals surface area (Å²) in [7, 11) is 1.33. The van der Waals surface area contributed by atoms with Crippen LogP contribution in [0, 0.1) is 0 Å². The van der Waals surface area contributed by atoms with E-state index in [0.717, 1.165) is 0 Å². The van der Waals surface area contributed by atoms with Crippen molar-refractivity contribution in [3.63, 3.8) is 0 Å². The van der Waals surface area contributed by atoms with Gasteiger partial charge in [-0.2, -0.15) is 0 Å². The van der Waals surface area contributed by atoms with E-state index < -0.39 is 15.0 Å². The summed E-state index contributed by atoms with van der Waals surface area (Å²) >= 11 is 3.11. The fourth-order valence-corrected chi connectivity index (χ4v) is 2.95. The van der Waals surface area contributed by atoms with Crippen molar-refractivity contribution < 1.29 is 23.1 Å². The lowest BCUT2D eigenvalue weighted by Gasteiger charge is -2.11. The van der Waals surface area contributed by atoms with Gasteiger partial charge in [-0.15, -0.1) is 0 Å². The number of halogens is 2. The van der Waals surface area contributed by atoms with E-state index in [-0.39, 0.29) is 23.7 Å². The molecule has 0 fully saturated rings. The van der Waals surface area contributed by atoms with Crippen molar-refractivity contribution in [1.82, 2.24) is 0 Å². The van der Waals surface area contributed by atoms with Crippen molar-refractivity contribution in [3.8, 4) is 5.75 Å². The first-order valence-corrected chi connectivity index (χ1v) is 7.97. The van der Waals surface area contributed by atoms with Crippen molar-refractivity contribution in [2.24, 2.45) is 0 Å². The molecule has 1 aromatic carbocycles. The van der Waals surface area contributed by atoms with Gasteiger partial charge in [0.05, 0.1) is 13.0 Å². The van der Waals surface area contributed by atoms with Crippen molar-refractivity contribution >= 4 is 41.6 Å². The van der Waals surface area contributed by atoms with Crippen molar-refractivity contribution in [1.29, 1.82) is 0 Å². The zero-order valence-corrected chi connectivity index (χ0v) is 12.5. The molecule has 1 aromatic rings. The molecule has 0 aromatic heterocycles. The van der Waals surface area contributed by atoms with Crippen molar-refractivity contribution in [2.45, 2.75) is 18.2 Å². The lowest BCUT2D eigenvalue weighted by molar-refractivity contribution is -0.136. The van der Waals surface area contributed by atoms with E-state index in [9.17, 15) is 13.2 Å². The molecule has 1 N–H and O–H groups in total. The molecular formula is C10H10BrClO5S. The molecule has 0 aliphatic heterocycles. The Morgan fingerprint density at radius 3 is 2.56 bits per heavy atom. The smallest absolute Gasteiger partial charge is 0.307 e. The predicted molar refractivity (Wildman–Crippen MR) is 69.7 cm³/mol. The molecule has 0 atom stereocenters. The molecule has 0 aliphatic rings. The molecule has 1 rings (SSSR count). The van der Waals surface area contributed by atoms with Gasteiger partial charge in [0, 0.05) is 15.2 Å². The molecule has 0 radical (unpaired) electrons. The molecule has 5 nitrogen and oxygen atoms in total. The van der Waals surface area contributed by atoms with Crippen LogP contribution in [0.25, 0.3) is 0 Å². The van der Waals surface area contributed by atoms with Crippen molar-refractivity contribution in [2.75, 3.05) is 6.61 Å². The monoisotopic (exact) mass is 356 g/mol. The van der Waals surface area contributed by atoms with E-state index in [1.165, 1.54) is 12.1 Å². The van der Waals surface area contributed by atoms with E-state index in [1.54, 1.807) is 6.92 Å². The lowest BCUT2D eigenvalue weighted by atomic mass is 10.1. The largest absolute Gasteiger partial charge is 0.492 e. The van der Waals surface area contributed by atoms with Crippen LogP contribution in [0.4, 0.5) is 0 Å². The first-order chi connectivity index (χ1) is 8.25. The molecule has 100 valence electrons. The molecule has 0 spiro atoms. The van der Waals surface area contributed by atoms with Gasteiger partial charge in [0.25, 0.3) is 9.05 Å². The third kappa shape index (κ3) is 3.86. The van der Waals surface area contributed by atoms with Crippen LogP contribution in [0.1, 0.15) is 12.5 Å². The number of carbonyl (C=O) groups is 1. The molecular weight excluding hydrogens is 348 g/mol. The summed E-state index contributed by atoms with van der Waals surface area (Å²) in [5, 5.41) is 8.74. The van der Waals surface area contributed by atoms with Crippen LogP contribution in [-0.4, -0.2) is 26.1 Å². The van der Waals surface area contributed by atoms with Gasteiger partial charge in [0.15, 0.2) is 0 Å². The molecule has 0 saturated heterocycles. The molecule has 0 amide bonds. The van der Waals surface area contributed by atoms with Gasteiger partial charge in [-0.05, 0) is 24.6 Å². The van der Waals surface area contributed by atoms with Gasteiger partial charge in [0.1, 0.15) is 10.6 Å². The first kappa shape index (κ1) is 15.3. The number of carboxylic acids is 1. The number of hydrogen-bond acceptors (Lipinski definition) is 4. The maximum atomic E-state index is 11.4. The standard InChI is InChI=1S/C10H10BrClO5S/c1-2-17-8-3-6(4-10(13)14)7(11)5-9(8)18(12,15)16/h3,5H,2,4H2,1H3,(H,13,14). The Balaban J connectivity index is 3.38. The van der Waals surface area contributed by atoms with Gasteiger partial charge >= 0.3 is 5.97 Å². The van der Waals surface area contributed by atoms with Gasteiger partial charge in [-0.3, -0.25) is 4.79 Å². The number of hydrogen-bond donors (Lipinski definition) is 1. The number of carboxylic acid groups (broad SMARTS) is 1. The predicted octanol–water partition coefficient (Wildman–Crippen LogP) is 2.40. The Kier molecular flexibility index (Phi) is 5.01. The highest BCUT2D eigenvalue weighted by atomic mass is 79.9. The second kappa shape index (κ2) is 5.90. The van der Waals surface area contributed by atoms with Crippen LogP contribution in [0.3, 0.4) is 0 Å². The van der Waals surface area contributed by atoms with Crippen LogP contribution < -0.4 is 4.74 Å². The Morgan fingerprint density at radius 2 is 2.11 bits per heavy atom. The molecule has 8 heteroatoms. The highest BCUT2D eigenvalue weighted by molar-refractivity contribution is 9.10. The maximum absolute atomic E-state index is 11.4. The first-order valence-electron chi connectivity index (χ1n) is 4.87. The van der Waals surface area contributed by atoms with E-state index in [2.05, 4.69) is 15.9 Å². The van der Waals surface area contributed by atoms with E-state index in [0.29, 0.717) is 10.0 Å². The quantitative estimate of drug-likeness (QED) is 0.818. The fraction of sp³-hybridized carbons (Fsp3) is 0.300. The van der Waals surface area contributed by atoms with E-state index in [4.69, 9.17) is 20.5 Å². The topological polar surface area (TPSA) is 80.7 Å². The van der Waals surface area contributed by atoms with Gasteiger partial charge < -0.3 is 9.84 Å². The van der Waals surface area contributed by atoms with Crippen LogP contribution in [-0.2, 0) is 20.3 Å². The summed E-state index contributed by atoms with van der Waals surface area (Å²) in [6, 6.07) is 2.60. The molecule has 0 unspecified atom stereocenters. The lowest BCUT2D eigenvalue weighted by Crippen LogP contribution is -2.05. The third-order valence-electron chi connectivity index (χ3n) is 2.02. The molecule has 0 bridgehead atoms. The highest BCUT2D eigenvalue weighted by Crippen LogP contribution is 2.33. The summed E-state index contributed by atoms with van der Waals surface area (Å²) in [4.78, 5) is 10.5. The Morgan fingerprint density at radius 1 is 1.50 bits per heavy atom. The average molecular weight is 358 g/mol. The number of aliphatic carboxylic acids is 1. The summed E-state index contributed by atoms with van der Waals surface area (Å²) in [6.07, 6.45) is -0.247. The van der Waals surface area contributed by atoms with E-state index in [1.807, 2.05) is 0 Å². The third-order valence-corrected chi connectivity index (χ3v) is 4.10. The maximum Gasteiger partial charge on any atom is 0.307 e. The van der Waals surface area contributed by atoms with Crippen LogP contribution in [0.5, 0.6) is 5.75 Å². The van der Waals surface area contributed by atoms with Gasteiger partial charge in [-0.25, -0.2) is 8.42 Å². The minimum atomic E-state index is -3.95. The zero-order chi connectivity index (χ0) is 13.9. The molecule has 18 heavy (non-hydrogen) atoms. The minimum Gasteiger partial charge on any atom is -0.492 e. The van der Waals surface area contributed by atoms with Gasteiger partial charge in [-0.1, -0.05) is 15.9 Å². The summed E-state index contributed by atoms with van der Waals surface area (Å²) in [5.74, 6) is -0.980. The van der Waals surface area contributed by atoms with Gasteiger partial charge in [0.2, 0.25) is 0 Å². The Bertz CT molecular complexity index is 570. The summed E-state index contributed by atoms with van der Waals surface area (Å²) in [5.41, 5.74) is 0.412. The molecule has 0 saturated carbocycles. The molecule has 0 heterocycles. The summed E-state index contributed by atoms with van der Waals surface area (Å²) < 4.78 is 28.2. The van der Waals surface area contributed by atoms with Crippen LogP contribution in [0.15, 0.2) is 21.5 Å². The number of ether oxygens (including phenoxy) is 1. The normalized spacial score (nSPS) is 11.3. The van der Waals surface area contributed by atoms with E-state index >= 15 is 0 Å². The minimum absolute atomic E-state index is 0.0481. The SMILES string of the molecule is CCOc1cc(CC(=O)O)c(Br)cc1S(=O)(=O)Cl. The highest BCUT2D eigenvalue weighted by Gasteiger charge is 2.20. The number of rotatable bonds is 5. The van der Waals surface area contributed by atoms with Crippen LogP contribution in [0.2, 0.25) is 0 Å². The fourth-order valence-electron chi connectivity index (χ4n) is 1.33. The number of benzene rings is 1. The van der Waals surface area contributed by atoms with Crippen LogP contribution >= 0.6 is 26.6 Å². The average Bonchev–Trinajstić information content (AvgIpc) is 2.20. The molecule has 0 aliphatic carbocycles. The zero-order valence-electron chi connectivity index (χ0n) is 9.31. The Labute approximate surface area is 117 Å². The second-order valence-corrected chi connectivity index (χ2v) is 6.72.